The maximum absolute atomic E-state index is 13.3. The molecule has 1 saturated heterocycles. The number of hydrogen-bond acceptors (Lipinski definition) is 6. The van der Waals surface area contributed by atoms with Gasteiger partial charge in [-0.15, -0.1) is 0 Å². The first-order valence-corrected chi connectivity index (χ1v) is 13.0. The average Bonchev–Trinajstić information content (AvgIpc) is 2.90. The van der Waals surface area contributed by atoms with Crippen molar-refractivity contribution in [2.24, 2.45) is 0 Å². The van der Waals surface area contributed by atoms with E-state index in [2.05, 4.69) is 10.6 Å². The van der Waals surface area contributed by atoms with E-state index in [0.29, 0.717) is 39.2 Å². The SMILES string of the molecule is CCOc1cc(/C=C2\C(=O)NC(=O)N(c3cc(Cl)ccc3C)C2=O)ccc1OCC(=O)Nc1ccc(C)c(Cl)c1. The van der Waals surface area contributed by atoms with Crippen molar-refractivity contribution in [2.45, 2.75) is 20.8 Å². The molecule has 1 aliphatic rings. The van der Waals surface area contributed by atoms with Gasteiger partial charge in [0.1, 0.15) is 5.57 Å². The zero-order valence-electron chi connectivity index (χ0n) is 21.8. The van der Waals surface area contributed by atoms with Crippen LogP contribution in [0.15, 0.2) is 60.2 Å². The van der Waals surface area contributed by atoms with Crippen LogP contribution in [0.3, 0.4) is 0 Å². The van der Waals surface area contributed by atoms with Crippen molar-refractivity contribution in [2.75, 3.05) is 23.4 Å². The highest BCUT2D eigenvalue weighted by atomic mass is 35.5. The Kier molecular flexibility index (Phi) is 8.77. The third kappa shape index (κ3) is 6.44. The van der Waals surface area contributed by atoms with Crippen molar-refractivity contribution in [3.8, 4) is 11.5 Å². The summed E-state index contributed by atoms with van der Waals surface area (Å²) in [5, 5.41) is 5.77. The molecule has 3 aromatic carbocycles. The standard InChI is InChI=1S/C29H25Cl2N3O6/c1-4-39-25-12-18(7-10-24(25)40-15-26(35)32-20-9-6-16(2)22(31)14-20)11-21-27(36)33-29(38)34(28(21)37)23-13-19(30)8-5-17(23)3/h5-14H,4,15H2,1-3H3,(H,32,35)(H,33,36,38)/b21-11+. The fraction of sp³-hybridized carbons (Fsp3) is 0.172. The summed E-state index contributed by atoms with van der Waals surface area (Å²) in [6.45, 7) is 5.34. The van der Waals surface area contributed by atoms with Crippen molar-refractivity contribution in [3.63, 3.8) is 0 Å². The number of barbiturate groups is 1. The minimum atomic E-state index is -0.873. The predicted molar refractivity (Wildman–Crippen MR) is 153 cm³/mol. The molecular weight excluding hydrogens is 557 g/mol. The number of benzene rings is 3. The highest BCUT2D eigenvalue weighted by molar-refractivity contribution is 6.39. The summed E-state index contributed by atoms with van der Waals surface area (Å²) in [7, 11) is 0. The van der Waals surface area contributed by atoms with Crippen molar-refractivity contribution in [1.29, 1.82) is 0 Å². The lowest BCUT2D eigenvalue weighted by Crippen LogP contribution is -2.54. The molecule has 2 N–H and O–H groups in total. The zero-order valence-corrected chi connectivity index (χ0v) is 23.4. The van der Waals surface area contributed by atoms with E-state index in [-0.39, 0.29) is 23.6 Å². The number of amides is 5. The lowest BCUT2D eigenvalue weighted by atomic mass is 10.1. The van der Waals surface area contributed by atoms with E-state index in [4.69, 9.17) is 32.7 Å². The Morgan fingerprint density at radius 2 is 1.70 bits per heavy atom. The third-order valence-corrected chi connectivity index (χ3v) is 6.55. The second-order valence-corrected chi connectivity index (χ2v) is 9.67. The Bertz CT molecular complexity index is 1550. The number of carbonyl (C=O) groups excluding carboxylic acids is 4. The van der Waals surface area contributed by atoms with Crippen molar-refractivity contribution in [3.05, 3.63) is 86.9 Å². The molecule has 0 aliphatic carbocycles. The molecule has 0 aromatic heterocycles. The summed E-state index contributed by atoms with van der Waals surface area (Å²) in [4.78, 5) is 51.7. The van der Waals surface area contributed by atoms with E-state index in [9.17, 15) is 19.2 Å². The highest BCUT2D eigenvalue weighted by Gasteiger charge is 2.37. The molecule has 40 heavy (non-hydrogen) atoms. The summed E-state index contributed by atoms with van der Waals surface area (Å²) in [6.07, 6.45) is 1.34. The maximum Gasteiger partial charge on any atom is 0.335 e. The number of carbonyl (C=O) groups is 4. The molecule has 0 radical (unpaired) electrons. The van der Waals surface area contributed by atoms with Crippen LogP contribution >= 0.6 is 23.2 Å². The molecular formula is C29H25Cl2N3O6. The van der Waals surface area contributed by atoms with Crippen LogP contribution in [-0.2, 0) is 14.4 Å². The highest BCUT2D eigenvalue weighted by Crippen LogP contribution is 2.31. The number of hydrogen-bond donors (Lipinski definition) is 2. The van der Waals surface area contributed by atoms with Crippen molar-refractivity contribution in [1.82, 2.24) is 5.32 Å². The molecule has 3 aromatic rings. The number of aryl methyl sites for hydroxylation is 2. The first kappa shape index (κ1) is 28.7. The number of ether oxygens (including phenoxy) is 2. The fourth-order valence-corrected chi connectivity index (χ4v) is 4.23. The van der Waals surface area contributed by atoms with Crippen LogP contribution in [0.1, 0.15) is 23.6 Å². The number of nitrogens with one attached hydrogen (secondary N) is 2. The van der Waals surface area contributed by atoms with Gasteiger partial charge >= 0.3 is 6.03 Å². The molecule has 5 amide bonds. The molecule has 4 rings (SSSR count). The largest absolute Gasteiger partial charge is 0.490 e. The van der Waals surface area contributed by atoms with E-state index in [0.717, 1.165) is 10.5 Å². The Morgan fingerprint density at radius 1 is 0.950 bits per heavy atom. The maximum atomic E-state index is 13.3. The smallest absolute Gasteiger partial charge is 0.335 e. The van der Waals surface area contributed by atoms with Crippen LogP contribution in [0.25, 0.3) is 6.08 Å². The Balaban J connectivity index is 1.54. The van der Waals surface area contributed by atoms with Gasteiger partial charge in [0.15, 0.2) is 18.1 Å². The van der Waals surface area contributed by atoms with Gasteiger partial charge in [-0.1, -0.05) is 41.4 Å². The van der Waals surface area contributed by atoms with Crippen LogP contribution in [0.4, 0.5) is 16.2 Å². The molecule has 1 heterocycles. The summed E-state index contributed by atoms with van der Waals surface area (Å²) < 4.78 is 11.3. The van der Waals surface area contributed by atoms with Gasteiger partial charge in [-0.3, -0.25) is 19.7 Å². The first-order valence-electron chi connectivity index (χ1n) is 12.2. The quantitative estimate of drug-likeness (QED) is 0.261. The number of rotatable bonds is 8. The second-order valence-electron chi connectivity index (χ2n) is 8.83. The van der Waals surface area contributed by atoms with E-state index in [1.165, 1.54) is 12.1 Å². The first-order chi connectivity index (χ1) is 19.1. The molecule has 0 atom stereocenters. The zero-order chi connectivity index (χ0) is 29.0. The molecule has 11 heteroatoms. The average molecular weight is 582 g/mol. The number of nitrogens with zero attached hydrogens (tertiary/aromatic N) is 1. The van der Waals surface area contributed by atoms with E-state index in [1.807, 2.05) is 6.92 Å². The number of halogens is 2. The van der Waals surface area contributed by atoms with Crippen molar-refractivity contribution < 1.29 is 28.7 Å². The number of imide groups is 2. The van der Waals surface area contributed by atoms with Gasteiger partial charge in [-0.25, -0.2) is 9.69 Å². The van der Waals surface area contributed by atoms with Gasteiger partial charge in [-0.05, 0) is 79.9 Å². The van der Waals surface area contributed by atoms with Crippen LogP contribution in [0, 0.1) is 13.8 Å². The van der Waals surface area contributed by atoms with Gasteiger partial charge in [0.05, 0.1) is 12.3 Å². The topological polar surface area (TPSA) is 114 Å². The fourth-order valence-electron chi connectivity index (χ4n) is 3.88. The molecule has 0 unspecified atom stereocenters. The Hall–Kier alpha value is -4.34. The van der Waals surface area contributed by atoms with Gasteiger partial charge in [0.2, 0.25) is 0 Å². The van der Waals surface area contributed by atoms with Gasteiger partial charge < -0.3 is 14.8 Å². The normalized spacial score (nSPS) is 14.3. The van der Waals surface area contributed by atoms with Gasteiger partial charge in [-0.2, -0.15) is 0 Å². The lowest BCUT2D eigenvalue weighted by Gasteiger charge is -2.27. The van der Waals surface area contributed by atoms with E-state index >= 15 is 0 Å². The van der Waals surface area contributed by atoms with Crippen LogP contribution < -0.4 is 25.0 Å². The second kappa shape index (κ2) is 12.2. The van der Waals surface area contributed by atoms with Gasteiger partial charge in [0.25, 0.3) is 17.7 Å². The molecule has 0 spiro atoms. The minimum Gasteiger partial charge on any atom is -0.490 e. The molecule has 9 nitrogen and oxygen atoms in total. The third-order valence-electron chi connectivity index (χ3n) is 5.91. The lowest BCUT2D eigenvalue weighted by molar-refractivity contribution is -0.122. The van der Waals surface area contributed by atoms with Crippen LogP contribution in [0.2, 0.25) is 10.0 Å². The number of anilines is 2. The van der Waals surface area contributed by atoms with Crippen LogP contribution in [-0.4, -0.2) is 37.0 Å². The Morgan fingerprint density at radius 3 is 2.42 bits per heavy atom. The number of urea groups is 1. The van der Waals surface area contributed by atoms with Gasteiger partial charge in [0, 0.05) is 15.7 Å². The molecule has 1 fully saturated rings. The summed E-state index contributed by atoms with van der Waals surface area (Å²) >= 11 is 12.2. The summed E-state index contributed by atoms with van der Waals surface area (Å²) in [5.74, 6) is -1.46. The summed E-state index contributed by atoms with van der Waals surface area (Å²) in [6, 6.07) is 13.8. The predicted octanol–water partition coefficient (Wildman–Crippen LogP) is 5.69. The van der Waals surface area contributed by atoms with E-state index in [1.54, 1.807) is 62.4 Å². The Labute approximate surface area is 240 Å². The molecule has 0 saturated carbocycles. The molecule has 206 valence electrons. The van der Waals surface area contributed by atoms with E-state index < -0.39 is 23.8 Å². The van der Waals surface area contributed by atoms with Crippen molar-refractivity contribution >= 4 is 64.4 Å². The summed E-state index contributed by atoms with van der Waals surface area (Å²) in [5.41, 5.74) is 2.48. The van der Waals surface area contributed by atoms with Crippen LogP contribution in [0.5, 0.6) is 11.5 Å². The monoisotopic (exact) mass is 581 g/mol. The molecule has 1 aliphatic heterocycles. The minimum absolute atomic E-state index is 0.258. The molecule has 0 bridgehead atoms.